The van der Waals surface area contributed by atoms with Gasteiger partial charge in [0, 0.05) is 0 Å². The number of nitrogens with zero attached hydrogens (tertiary/aromatic N) is 2. The minimum atomic E-state index is -3.47. The van der Waals surface area contributed by atoms with E-state index in [4.69, 9.17) is 0 Å². The molecule has 0 saturated heterocycles. The highest BCUT2D eigenvalue weighted by Crippen LogP contribution is 2.26. The number of carbonyl (C=O) groups is 1. The van der Waals surface area contributed by atoms with Crippen LogP contribution in [-0.4, -0.2) is 36.5 Å². The molecular weight excluding hydrogens is 344 g/mol. The minimum absolute atomic E-state index is 0.216. The van der Waals surface area contributed by atoms with Crippen molar-refractivity contribution in [2.24, 2.45) is 0 Å². The van der Waals surface area contributed by atoms with Crippen LogP contribution in [0.5, 0.6) is 0 Å². The maximum absolute atomic E-state index is 12.3. The summed E-state index contributed by atoms with van der Waals surface area (Å²) < 4.78 is 25.8. The number of hydrogen-bond acceptors (Lipinski definition) is 7. The molecule has 0 saturated carbocycles. The van der Waals surface area contributed by atoms with Crippen LogP contribution in [0.15, 0.2) is 28.6 Å². The zero-order valence-electron chi connectivity index (χ0n) is 11.9. The third-order valence-electron chi connectivity index (χ3n) is 2.36. The topological polar surface area (TPSA) is 101 Å². The largest absolute Gasteiger partial charge is 0.296 e. The monoisotopic (exact) mass is 358 g/mol. The van der Waals surface area contributed by atoms with Gasteiger partial charge in [-0.3, -0.25) is 14.8 Å². The van der Waals surface area contributed by atoms with Crippen molar-refractivity contribution in [1.29, 1.82) is 0 Å². The highest BCUT2D eigenvalue weighted by atomic mass is 32.2. The molecule has 0 unspecified atom stereocenters. The second-order valence-electron chi connectivity index (χ2n) is 4.18. The van der Waals surface area contributed by atoms with Crippen molar-refractivity contribution in [2.75, 3.05) is 22.0 Å². The molecule has 0 radical (unpaired) electrons. The van der Waals surface area contributed by atoms with Gasteiger partial charge in [0.1, 0.15) is 0 Å². The van der Waals surface area contributed by atoms with Crippen LogP contribution in [0.4, 0.5) is 10.8 Å². The molecular formula is C12H14N4O3S3. The first-order valence-corrected chi connectivity index (χ1v) is 9.93. The number of sulfonamides is 1. The van der Waals surface area contributed by atoms with Crippen molar-refractivity contribution in [1.82, 2.24) is 10.2 Å². The van der Waals surface area contributed by atoms with E-state index < -0.39 is 15.9 Å². The molecule has 22 heavy (non-hydrogen) atoms. The van der Waals surface area contributed by atoms with E-state index in [1.54, 1.807) is 12.1 Å². The fourth-order valence-electron chi connectivity index (χ4n) is 1.58. The molecule has 0 bridgehead atoms. The van der Waals surface area contributed by atoms with Gasteiger partial charge in [-0.05, 0) is 17.9 Å². The van der Waals surface area contributed by atoms with Gasteiger partial charge in [-0.25, -0.2) is 8.42 Å². The zero-order valence-corrected chi connectivity index (χ0v) is 14.3. The number of nitrogens with one attached hydrogen (secondary N) is 2. The van der Waals surface area contributed by atoms with Crippen LogP contribution in [-0.2, 0) is 10.0 Å². The number of anilines is 2. The summed E-state index contributed by atoms with van der Waals surface area (Å²) in [4.78, 5) is 12.3. The average molecular weight is 358 g/mol. The maximum Gasteiger partial charge on any atom is 0.259 e. The lowest BCUT2D eigenvalue weighted by Crippen LogP contribution is -2.17. The summed E-state index contributed by atoms with van der Waals surface area (Å²) in [6.07, 6.45) is 1.03. The molecule has 0 atom stereocenters. The van der Waals surface area contributed by atoms with E-state index >= 15 is 0 Å². The summed E-state index contributed by atoms with van der Waals surface area (Å²) in [7, 11) is -3.47. The number of amides is 1. The minimum Gasteiger partial charge on any atom is -0.296 e. The molecule has 7 nitrogen and oxygen atoms in total. The van der Waals surface area contributed by atoms with E-state index in [1.165, 1.54) is 35.2 Å². The lowest BCUT2D eigenvalue weighted by atomic mass is 10.2. The standard InChI is InChI=1S/C12H14N4O3S3/c1-3-20-12-15-14-11(21-12)13-10(17)8-6-4-5-7-9(8)16-22(2,18)19/h4-7,16H,3H2,1-2H3,(H,13,14,17). The SMILES string of the molecule is CCSc1nnc(NC(=O)c2ccccc2NS(C)(=O)=O)s1. The number of hydrogen-bond donors (Lipinski definition) is 2. The summed E-state index contributed by atoms with van der Waals surface area (Å²) in [6, 6.07) is 6.35. The lowest BCUT2D eigenvalue weighted by Gasteiger charge is -2.09. The second-order valence-corrected chi connectivity index (χ2v) is 8.42. The summed E-state index contributed by atoms with van der Waals surface area (Å²) in [5, 5.41) is 10.8. The van der Waals surface area contributed by atoms with Gasteiger partial charge in [-0.15, -0.1) is 10.2 Å². The predicted molar refractivity (Wildman–Crippen MR) is 89.2 cm³/mol. The van der Waals surface area contributed by atoms with Crippen LogP contribution in [0, 0.1) is 0 Å². The summed E-state index contributed by atoms with van der Waals surface area (Å²) >= 11 is 2.80. The van der Waals surface area contributed by atoms with Gasteiger partial charge < -0.3 is 0 Å². The van der Waals surface area contributed by atoms with Gasteiger partial charge in [-0.2, -0.15) is 0 Å². The lowest BCUT2D eigenvalue weighted by molar-refractivity contribution is 0.102. The molecule has 0 aliphatic heterocycles. The smallest absolute Gasteiger partial charge is 0.259 e. The van der Waals surface area contributed by atoms with Crippen molar-refractivity contribution < 1.29 is 13.2 Å². The molecule has 1 aromatic carbocycles. The Labute approximate surface area is 136 Å². The Morgan fingerprint density at radius 2 is 2.05 bits per heavy atom. The summed E-state index contributed by atoms with van der Waals surface area (Å²) in [6.45, 7) is 2.00. The Hall–Kier alpha value is -1.65. The number of rotatable bonds is 6. The molecule has 1 aromatic heterocycles. The Morgan fingerprint density at radius 1 is 1.32 bits per heavy atom. The molecule has 0 aliphatic carbocycles. The van der Waals surface area contributed by atoms with Gasteiger partial charge >= 0.3 is 0 Å². The molecule has 0 aliphatic rings. The molecule has 1 heterocycles. The highest BCUT2D eigenvalue weighted by Gasteiger charge is 2.15. The third kappa shape index (κ3) is 4.68. The van der Waals surface area contributed by atoms with Gasteiger partial charge in [0.25, 0.3) is 5.91 Å². The fraction of sp³-hybridized carbons (Fsp3) is 0.250. The van der Waals surface area contributed by atoms with Gasteiger partial charge in [0.2, 0.25) is 15.2 Å². The molecule has 2 aromatic rings. The van der Waals surface area contributed by atoms with Crippen molar-refractivity contribution in [3.8, 4) is 0 Å². The van der Waals surface area contributed by atoms with Gasteiger partial charge in [-0.1, -0.05) is 42.2 Å². The van der Waals surface area contributed by atoms with Crippen molar-refractivity contribution in [2.45, 2.75) is 11.3 Å². The molecule has 0 spiro atoms. The van der Waals surface area contributed by atoms with Crippen molar-refractivity contribution >= 4 is 49.8 Å². The van der Waals surface area contributed by atoms with Gasteiger partial charge in [0.15, 0.2) is 4.34 Å². The number of carbonyl (C=O) groups excluding carboxylic acids is 1. The van der Waals surface area contributed by atoms with Crippen LogP contribution in [0.1, 0.15) is 17.3 Å². The van der Waals surface area contributed by atoms with Gasteiger partial charge in [0.05, 0.1) is 17.5 Å². The van der Waals surface area contributed by atoms with E-state index in [0.29, 0.717) is 5.13 Å². The summed E-state index contributed by atoms with van der Waals surface area (Å²) in [5.41, 5.74) is 0.433. The normalized spacial score (nSPS) is 11.2. The fourth-order valence-corrected chi connectivity index (χ4v) is 3.80. The predicted octanol–water partition coefficient (Wildman–Crippen LogP) is 2.27. The van der Waals surface area contributed by atoms with E-state index in [0.717, 1.165) is 16.3 Å². The van der Waals surface area contributed by atoms with E-state index in [1.807, 2.05) is 6.92 Å². The van der Waals surface area contributed by atoms with E-state index in [9.17, 15) is 13.2 Å². The quantitative estimate of drug-likeness (QED) is 0.607. The Kier molecular flexibility index (Phi) is 5.37. The highest BCUT2D eigenvalue weighted by molar-refractivity contribution is 8.01. The third-order valence-corrected chi connectivity index (χ3v) is 4.81. The van der Waals surface area contributed by atoms with E-state index in [2.05, 4.69) is 20.2 Å². The second kappa shape index (κ2) is 7.07. The Balaban J connectivity index is 2.18. The summed E-state index contributed by atoms with van der Waals surface area (Å²) in [5.74, 6) is 0.417. The molecule has 10 heteroatoms. The van der Waals surface area contributed by atoms with Crippen LogP contribution in [0.2, 0.25) is 0 Å². The first-order chi connectivity index (χ1) is 10.4. The van der Waals surface area contributed by atoms with Crippen LogP contribution >= 0.6 is 23.1 Å². The van der Waals surface area contributed by atoms with Crippen LogP contribution in [0.25, 0.3) is 0 Å². The number of thioether (sulfide) groups is 1. The zero-order chi connectivity index (χ0) is 16.2. The number of aromatic nitrogens is 2. The number of benzene rings is 1. The van der Waals surface area contributed by atoms with Crippen molar-refractivity contribution in [3.63, 3.8) is 0 Å². The molecule has 118 valence electrons. The van der Waals surface area contributed by atoms with Crippen LogP contribution in [0.3, 0.4) is 0 Å². The Morgan fingerprint density at radius 3 is 2.73 bits per heavy atom. The van der Waals surface area contributed by atoms with Crippen molar-refractivity contribution in [3.05, 3.63) is 29.8 Å². The van der Waals surface area contributed by atoms with Crippen LogP contribution < -0.4 is 10.0 Å². The average Bonchev–Trinajstić information content (AvgIpc) is 2.85. The molecule has 2 rings (SSSR count). The number of para-hydroxylation sites is 1. The maximum atomic E-state index is 12.3. The Bertz CT molecular complexity index is 773. The first kappa shape index (κ1) is 16.7. The molecule has 0 fully saturated rings. The first-order valence-electron chi connectivity index (χ1n) is 6.23. The van der Waals surface area contributed by atoms with E-state index in [-0.39, 0.29) is 11.3 Å². The molecule has 1 amide bonds. The molecule has 2 N–H and O–H groups in total.